The molecule has 0 atom stereocenters. The van der Waals surface area contributed by atoms with Crippen LogP contribution in [0.25, 0.3) is 0 Å². The smallest absolute Gasteiger partial charge is 0.188 e. The van der Waals surface area contributed by atoms with Crippen molar-refractivity contribution in [1.29, 1.82) is 0 Å². The first-order chi connectivity index (χ1) is 7.89. The lowest BCUT2D eigenvalue weighted by atomic mass is 9.85. The molecule has 0 aliphatic heterocycles. The highest BCUT2D eigenvalue weighted by Gasteiger charge is 2.19. The number of rotatable bonds is 6. The zero-order valence-corrected chi connectivity index (χ0v) is 11.8. The molecule has 0 aromatic rings. The van der Waals surface area contributed by atoms with Crippen molar-refractivity contribution in [3.05, 3.63) is 0 Å². The Morgan fingerprint density at radius 3 is 2.53 bits per heavy atom. The Morgan fingerprint density at radius 1 is 1.41 bits per heavy atom. The van der Waals surface area contributed by atoms with Gasteiger partial charge < -0.3 is 16.0 Å². The summed E-state index contributed by atoms with van der Waals surface area (Å²) >= 11 is 0. The lowest BCUT2D eigenvalue weighted by Gasteiger charge is -2.27. The molecule has 0 aromatic heterocycles. The van der Waals surface area contributed by atoms with Crippen LogP contribution < -0.4 is 11.1 Å². The van der Waals surface area contributed by atoms with Crippen molar-refractivity contribution in [2.45, 2.75) is 33.1 Å². The predicted molar refractivity (Wildman–Crippen MR) is 74.2 cm³/mol. The zero-order valence-electron chi connectivity index (χ0n) is 11.8. The Balaban J connectivity index is 2.24. The molecule has 0 bridgehead atoms. The Bertz CT molecular complexity index is 254. The molecule has 0 amide bonds. The van der Waals surface area contributed by atoms with Gasteiger partial charge in [0.25, 0.3) is 0 Å². The second-order valence-corrected chi connectivity index (χ2v) is 6.28. The third kappa shape index (κ3) is 5.91. The van der Waals surface area contributed by atoms with Gasteiger partial charge in [-0.05, 0) is 38.3 Å². The molecule has 0 aromatic carbocycles. The van der Waals surface area contributed by atoms with Gasteiger partial charge >= 0.3 is 0 Å². The van der Waals surface area contributed by atoms with E-state index in [1.807, 2.05) is 0 Å². The molecule has 0 radical (unpaired) electrons. The number of hydrogen-bond donors (Lipinski definition) is 2. The summed E-state index contributed by atoms with van der Waals surface area (Å²) in [5.74, 6) is 1.42. The highest BCUT2D eigenvalue weighted by atomic mass is 15.1. The summed E-state index contributed by atoms with van der Waals surface area (Å²) < 4.78 is 0. The molecule has 100 valence electrons. The van der Waals surface area contributed by atoms with E-state index in [9.17, 15) is 0 Å². The first-order valence-electron chi connectivity index (χ1n) is 6.57. The third-order valence-electron chi connectivity index (χ3n) is 3.22. The van der Waals surface area contributed by atoms with Gasteiger partial charge in [0.05, 0.1) is 0 Å². The van der Waals surface area contributed by atoms with Gasteiger partial charge in [-0.3, -0.25) is 4.99 Å². The van der Waals surface area contributed by atoms with Crippen LogP contribution in [-0.2, 0) is 0 Å². The maximum atomic E-state index is 5.86. The van der Waals surface area contributed by atoms with E-state index in [1.54, 1.807) is 0 Å². The summed E-state index contributed by atoms with van der Waals surface area (Å²) in [5, 5.41) is 3.22. The molecular formula is C13H28N4. The molecule has 0 spiro atoms. The van der Waals surface area contributed by atoms with Crippen molar-refractivity contribution in [3.8, 4) is 0 Å². The van der Waals surface area contributed by atoms with E-state index >= 15 is 0 Å². The van der Waals surface area contributed by atoms with Gasteiger partial charge in [-0.25, -0.2) is 0 Å². The first-order valence-corrected chi connectivity index (χ1v) is 6.57. The minimum absolute atomic E-state index is 0.173. The lowest BCUT2D eigenvalue weighted by molar-refractivity contribution is 0.248. The Morgan fingerprint density at radius 2 is 2.06 bits per heavy atom. The average molecular weight is 240 g/mol. The fourth-order valence-corrected chi connectivity index (χ4v) is 2.21. The van der Waals surface area contributed by atoms with E-state index in [-0.39, 0.29) is 5.41 Å². The molecule has 4 nitrogen and oxygen atoms in total. The maximum absolute atomic E-state index is 5.86. The van der Waals surface area contributed by atoms with Crippen LogP contribution in [0.1, 0.15) is 33.1 Å². The standard InChI is InChI=1S/C13H28N4/c1-13(2,10-17(3)4)9-16-12(14)15-8-11-6-5-7-11/h11H,5-10H2,1-4H3,(H3,14,15,16). The SMILES string of the molecule is CN(C)CC(C)(C)CN=C(N)NCC1CCC1. The van der Waals surface area contributed by atoms with Crippen molar-refractivity contribution in [1.82, 2.24) is 10.2 Å². The summed E-state index contributed by atoms with van der Waals surface area (Å²) in [4.78, 5) is 6.62. The van der Waals surface area contributed by atoms with Crippen LogP contribution in [0, 0.1) is 11.3 Å². The van der Waals surface area contributed by atoms with Gasteiger partial charge in [0.2, 0.25) is 0 Å². The molecule has 0 unspecified atom stereocenters. The molecule has 4 heteroatoms. The van der Waals surface area contributed by atoms with E-state index in [0.717, 1.165) is 25.6 Å². The fraction of sp³-hybridized carbons (Fsp3) is 0.923. The molecule has 0 saturated heterocycles. The van der Waals surface area contributed by atoms with Crippen molar-refractivity contribution in [3.63, 3.8) is 0 Å². The maximum Gasteiger partial charge on any atom is 0.188 e. The van der Waals surface area contributed by atoms with Crippen LogP contribution in [0.4, 0.5) is 0 Å². The van der Waals surface area contributed by atoms with E-state index in [1.165, 1.54) is 19.3 Å². The predicted octanol–water partition coefficient (Wildman–Crippen LogP) is 1.28. The zero-order chi connectivity index (χ0) is 12.9. The van der Waals surface area contributed by atoms with Crippen LogP contribution in [-0.4, -0.2) is 44.6 Å². The topological polar surface area (TPSA) is 53.6 Å². The van der Waals surface area contributed by atoms with E-state index in [0.29, 0.717) is 5.96 Å². The van der Waals surface area contributed by atoms with Crippen LogP contribution in [0.2, 0.25) is 0 Å². The lowest BCUT2D eigenvalue weighted by Crippen LogP contribution is -2.38. The van der Waals surface area contributed by atoms with Gasteiger partial charge in [-0.2, -0.15) is 0 Å². The van der Waals surface area contributed by atoms with Crippen LogP contribution in [0.3, 0.4) is 0 Å². The molecule has 1 saturated carbocycles. The molecule has 1 rings (SSSR count). The number of hydrogen-bond acceptors (Lipinski definition) is 2. The minimum Gasteiger partial charge on any atom is -0.370 e. The summed E-state index contributed by atoms with van der Waals surface area (Å²) in [5.41, 5.74) is 6.04. The highest BCUT2D eigenvalue weighted by Crippen LogP contribution is 2.25. The van der Waals surface area contributed by atoms with E-state index < -0.39 is 0 Å². The summed E-state index contributed by atoms with van der Waals surface area (Å²) in [7, 11) is 4.17. The van der Waals surface area contributed by atoms with Gasteiger partial charge in [-0.1, -0.05) is 20.3 Å². The molecule has 0 heterocycles. The quantitative estimate of drug-likeness (QED) is 0.543. The largest absolute Gasteiger partial charge is 0.370 e. The fourth-order valence-electron chi connectivity index (χ4n) is 2.21. The highest BCUT2D eigenvalue weighted by molar-refractivity contribution is 5.77. The molecule has 1 aliphatic rings. The van der Waals surface area contributed by atoms with Gasteiger partial charge in [-0.15, -0.1) is 0 Å². The Labute approximate surface area is 106 Å². The van der Waals surface area contributed by atoms with Gasteiger partial charge in [0.1, 0.15) is 0 Å². The number of nitrogens with one attached hydrogen (secondary N) is 1. The second kappa shape index (κ2) is 6.24. The van der Waals surface area contributed by atoms with Crippen LogP contribution in [0.15, 0.2) is 4.99 Å². The summed E-state index contributed by atoms with van der Waals surface area (Å²) in [6.07, 6.45) is 4.05. The number of guanidine groups is 1. The summed E-state index contributed by atoms with van der Waals surface area (Å²) in [6.45, 7) is 7.22. The molecule has 1 fully saturated rings. The molecule has 3 N–H and O–H groups in total. The van der Waals surface area contributed by atoms with Crippen LogP contribution >= 0.6 is 0 Å². The first kappa shape index (κ1) is 14.3. The van der Waals surface area contributed by atoms with Crippen molar-refractivity contribution < 1.29 is 0 Å². The minimum atomic E-state index is 0.173. The number of aliphatic imine (C=N–C) groups is 1. The second-order valence-electron chi connectivity index (χ2n) is 6.28. The molecular weight excluding hydrogens is 212 g/mol. The van der Waals surface area contributed by atoms with Gasteiger partial charge in [0.15, 0.2) is 5.96 Å². The van der Waals surface area contributed by atoms with Gasteiger partial charge in [0, 0.05) is 19.6 Å². The Hall–Kier alpha value is -0.770. The molecule has 1 aliphatic carbocycles. The number of nitrogens with zero attached hydrogens (tertiary/aromatic N) is 2. The van der Waals surface area contributed by atoms with Crippen molar-refractivity contribution in [2.24, 2.45) is 22.1 Å². The van der Waals surface area contributed by atoms with E-state index in [4.69, 9.17) is 5.73 Å². The number of nitrogens with two attached hydrogens (primary N) is 1. The normalized spacial score (nSPS) is 18.3. The monoisotopic (exact) mass is 240 g/mol. The van der Waals surface area contributed by atoms with Crippen LogP contribution in [0.5, 0.6) is 0 Å². The molecule has 17 heavy (non-hydrogen) atoms. The third-order valence-corrected chi connectivity index (χ3v) is 3.22. The van der Waals surface area contributed by atoms with Crippen molar-refractivity contribution >= 4 is 5.96 Å². The van der Waals surface area contributed by atoms with E-state index in [2.05, 4.69) is 43.2 Å². The van der Waals surface area contributed by atoms with Crippen molar-refractivity contribution in [2.75, 3.05) is 33.7 Å². The average Bonchev–Trinajstić information content (AvgIpc) is 2.10. The Kier molecular flexibility index (Phi) is 5.25. The summed E-state index contributed by atoms with van der Waals surface area (Å²) in [6, 6.07) is 0.